The summed E-state index contributed by atoms with van der Waals surface area (Å²) in [6, 6.07) is 13.6. The molecule has 0 bridgehead atoms. The standard InChI is InChI=1S/C21H21N3O3S/c1-2-27-21(26)16-7-8-19(22-14-16)23-9-11-24(12-10-23)20(25)18-13-15-5-3-4-6-17(15)28-18/h3-8,13-14H,2,9-12H2,1H3. The number of thiophene rings is 1. The molecule has 3 heterocycles. The van der Waals surface area contributed by atoms with Crippen molar-refractivity contribution in [1.82, 2.24) is 9.88 Å². The fraction of sp³-hybridized carbons (Fsp3) is 0.286. The monoisotopic (exact) mass is 395 g/mol. The highest BCUT2D eigenvalue weighted by molar-refractivity contribution is 7.20. The van der Waals surface area contributed by atoms with Crippen molar-refractivity contribution in [2.24, 2.45) is 0 Å². The number of piperazine rings is 1. The molecule has 0 atom stereocenters. The number of carbonyl (C=O) groups is 2. The number of ether oxygens (including phenoxy) is 1. The van der Waals surface area contributed by atoms with E-state index >= 15 is 0 Å². The molecule has 2 aromatic heterocycles. The van der Waals surface area contributed by atoms with E-state index in [-0.39, 0.29) is 11.9 Å². The maximum absolute atomic E-state index is 12.8. The van der Waals surface area contributed by atoms with E-state index in [4.69, 9.17) is 4.74 Å². The molecule has 1 aliphatic heterocycles. The average molecular weight is 395 g/mol. The first-order valence-electron chi connectivity index (χ1n) is 9.31. The summed E-state index contributed by atoms with van der Waals surface area (Å²) in [7, 11) is 0. The van der Waals surface area contributed by atoms with Crippen molar-refractivity contribution >= 4 is 39.1 Å². The van der Waals surface area contributed by atoms with Gasteiger partial charge in [-0.3, -0.25) is 4.79 Å². The Morgan fingerprint density at radius 1 is 1.11 bits per heavy atom. The fourth-order valence-corrected chi connectivity index (χ4v) is 4.32. The first-order chi connectivity index (χ1) is 13.7. The molecule has 1 aromatic carbocycles. The van der Waals surface area contributed by atoms with Gasteiger partial charge in [-0.25, -0.2) is 9.78 Å². The Morgan fingerprint density at radius 2 is 1.89 bits per heavy atom. The van der Waals surface area contributed by atoms with Gasteiger partial charge >= 0.3 is 5.97 Å². The maximum Gasteiger partial charge on any atom is 0.339 e. The van der Waals surface area contributed by atoms with Crippen LogP contribution in [0, 0.1) is 0 Å². The molecule has 1 saturated heterocycles. The normalized spacial score (nSPS) is 14.3. The van der Waals surface area contributed by atoms with Crippen LogP contribution in [0.3, 0.4) is 0 Å². The number of fused-ring (bicyclic) bond motifs is 1. The molecule has 28 heavy (non-hydrogen) atoms. The number of hydrogen-bond acceptors (Lipinski definition) is 6. The predicted octanol–water partition coefficient (Wildman–Crippen LogP) is 3.44. The first-order valence-corrected chi connectivity index (χ1v) is 10.1. The van der Waals surface area contributed by atoms with E-state index in [1.807, 2.05) is 41.3 Å². The molecule has 0 saturated carbocycles. The van der Waals surface area contributed by atoms with E-state index in [1.165, 1.54) is 0 Å². The second-order valence-corrected chi connectivity index (χ2v) is 7.64. The summed E-state index contributed by atoms with van der Waals surface area (Å²) in [6.45, 7) is 4.84. The summed E-state index contributed by atoms with van der Waals surface area (Å²) in [4.78, 5) is 33.8. The number of aromatic nitrogens is 1. The van der Waals surface area contributed by atoms with Gasteiger partial charge in [0.1, 0.15) is 5.82 Å². The summed E-state index contributed by atoms with van der Waals surface area (Å²) < 4.78 is 6.12. The molecule has 7 heteroatoms. The Kier molecular flexibility index (Phi) is 5.25. The highest BCUT2D eigenvalue weighted by atomic mass is 32.1. The van der Waals surface area contributed by atoms with Crippen LogP contribution >= 0.6 is 11.3 Å². The molecule has 144 valence electrons. The number of nitrogens with zero attached hydrogens (tertiary/aromatic N) is 3. The minimum absolute atomic E-state index is 0.0893. The molecular weight excluding hydrogens is 374 g/mol. The van der Waals surface area contributed by atoms with Crippen molar-refractivity contribution in [3.8, 4) is 0 Å². The molecule has 0 radical (unpaired) electrons. The van der Waals surface area contributed by atoms with Crippen LogP contribution in [0.4, 0.5) is 5.82 Å². The molecule has 0 spiro atoms. The van der Waals surface area contributed by atoms with E-state index in [0.29, 0.717) is 38.3 Å². The Bertz CT molecular complexity index is 959. The van der Waals surface area contributed by atoms with Crippen molar-refractivity contribution in [2.75, 3.05) is 37.7 Å². The van der Waals surface area contributed by atoms with Gasteiger partial charge in [-0.2, -0.15) is 0 Å². The van der Waals surface area contributed by atoms with Crippen molar-refractivity contribution in [3.05, 3.63) is 59.1 Å². The molecule has 0 unspecified atom stereocenters. The Morgan fingerprint density at radius 3 is 2.57 bits per heavy atom. The van der Waals surface area contributed by atoms with Crippen molar-refractivity contribution in [1.29, 1.82) is 0 Å². The summed E-state index contributed by atoms with van der Waals surface area (Å²) in [6.07, 6.45) is 1.54. The van der Waals surface area contributed by atoms with Crippen molar-refractivity contribution in [3.63, 3.8) is 0 Å². The van der Waals surface area contributed by atoms with Gasteiger partial charge in [0, 0.05) is 37.1 Å². The summed E-state index contributed by atoms with van der Waals surface area (Å²) in [5.41, 5.74) is 0.448. The van der Waals surface area contributed by atoms with E-state index < -0.39 is 0 Å². The van der Waals surface area contributed by atoms with Crippen LogP contribution in [0.1, 0.15) is 27.0 Å². The topological polar surface area (TPSA) is 62.7 Å². The van der Waals surface area contributed by atoms with Crippen LogP contribution in [-0.4, -0.2) is 54.5 Å². The zero-order chi connectivity index (χ0) is 19.5. The van der Waals surface area contributed by atoms with E-state index in [9.17, 15) is 9.59 Å². The lowest BCUT2D eigenvalue weighted by atomic mass is 10.2. The van der Waals surface area contributed by atoms with Crippen LogP contribution in [0.2, 0.25) is 0 Å². The SMILES string of the molecule is CCOC(=O)c1ccc(N2CCN(C(=O)c3cc4ccccc4s3)CC2)nc1. The molecule has 0 N–H and O–H groups in total. The summed E-state index contributed by atoms with van der Waals surface area (Å²) in [5, 5.41) is 1.11. The van der Waals surface area contributed by atoms with Gasteiger partial charge in [-0.15, -0.1) is 11.3 Å². The molecule has 3 aromatic rings. The van der Waals surface area contributed by atoms with Gasteiger partial charge in [-0.05, 0) is 36.6 Å². The number of carbonyl (C=O) groups excluding carboxylic acids is 2. The number of anilines is 1. The fourth-order valence-electron chi connectivity index (χ4n) is 3.29. The van der Waals surface area contributed by atoms with E-state index in [0.717, 1.165) is 20.8 Å². The Labute approximate surface area is 167 Å². The van der Waals surface area contributed by atoms with Crippen LogP contribution < -0.4 is 4.90 Å². The van der Waals surface area contributed by atoms with E-state index in [2.05, 4.69) is 9.88 Å². The maximum atomic E-state index is 12.8. The Hall–Kier alpha value is -2.93. The third-order valence-corrected chi connectivity index (χ3v) is 5.89. The minimum atomic E-state index is -0.361. The van der Waals surface area contributed by atoms with Gasteiger partial charge in [0.15, 0.2) is 0 Å². The quantitative estimate of drug-likeness (QED) is 0.634. The molecule has 4 rings (SSSR count). The highest BCUT2D eigenvalue weighted by Crippen LogP contribution is 2.27. The minimum Gasteiger partial charge on any atom is -0.462 e. The first kappa shape index (κ1) is 18.4. The van der Waals surface area contributed by atoms with Crippen molar-refractivity contribution in [2.45, 2.75) is 6.92 Å². The molecule has 1 fully saturated rings. The highest BCUT2D eigenvalue weighted by Gasteiger charge is 2.24. The van der Waals surface area contributed by atoms with Crippen molar-refractivity contribution < 1.29 is 14.3 Å². The number of esters is 1. The second kappa shape index (κ2) is 7.98. The molecule has 0 aliphatic carbocycles. The van der Waals surface area contributed by atoms with Crippen LogP contribution in [0.5, 0.6) is 0 Å². The molecular formula is C21H21N3O3S. The third kappa shape index (κ3) is 3.71. The molecule has 1 aliphatic rings. The van der Waals surface area contributed by atoms with Gasteiger partial charge < -0.3 is 14.5 Å². The number of pyridine rings is 1. The average Bonchev–Trinajstić information content (AvgIpc) is 3.18. The van der Waals surface area contributed by atoms with Gasteiger partial charge in [0.25, 0.3) is 5.91 Å². The lowest BCUT2D eigenvalue weighted by Crippen LogP contribution is -2.48. The van der Waals surface area contributed by atoms with Gasteiger partial charge in [0.05, 0.1) is 17.0 Å². The number of rotatable bonds is 4. The largest absolute Gasteiger partial charge is 0.462 e. The number of amides is 1. The molecule has 6 nitrogen and oxygen atoms in total. The second-order valence-electron chi connectivity index (χ2n) is 6.55. The Balaban J connectivity index is 1.38. The summed E-state index contributed by atoms with van der Waals surface area (Å²) in [5.74, 6) is 0.536. The molecule has 1 amide bonds. The lowest BCUT2D eigenvalue weighted by molar-refractivity contribution is 0.0525. The lowest BCUT2D eigenvalue weighted by Gasteiger charge is -2.35. The van der Waals surface area contributed by atoms with Crippen LogP contribution in [-0.2, 0) is 4.74 Å². The van der Waals surface area contributed by atoms with Gasteiger partial charge in [-0.1, -0.05) is 18.2 Å². The zero-order valence-electron chi connectivity index (χ0n) is 15.6. The zero-order valence-corrected chi connectivity index (χ0v) is 16.4. The number of benzene rings is 1. The van der Waals surface area contributed by atoms with Crippen LogP contribution in [0.25, 0.3) is 10.1 Å². The van der Waals surface area contributed by atoms with E-state index in [1.54, 1.807) is 30.5 Å². The van der Waals surface area contributed by atoms with Crippen LogP contribution in [0.15, 0.2) is 48.7 Å². The number of hydrogen-bond donors (Lipinski definition) is 0. The third-order valence-electron chi connectivity index (χ3n) is 4.79. The smallest absolute Gasteiger partial charge is 0.339 e. The summed E-state index contributed by atoms with van der Waals surface area (Å²) >= 11 is 1.54. The van der Waals surface area contributed by atoms with Gasteiger partial charge in [0.2, 0.25) is 0 Å². The predicted molar refractivity (Wildman–Crippen MR) is 110 cm³/mol.